The molecule has 0 aliphatic carbocycles. The first kappa shape index (κ1) is 19.7. The van der Waals surface area contributed by atoms with Crippen molar-refractivity contribution in [3.8, 4) is 0 Å². The minimum atomic E-state index is -6.90. The molecule has 0 aromatic carbocycles. The fourth-order valence-corrected chi connectivity index (χ4v) is 0.693. The van der Waals surface area contributed by atoms with Gasteiger partial charge in [0.2, 0.25) is 0 Å². The molecule has 0 amide bonds. The summed E-state index contributed by atoms with van der Waals surface area (Å²) in [6, 6.07) is 0. The molecule has 0 aliphatic rings. The second-order valence-electron chi connectivity index (χ2n) is 2.81. The first-order chi connectivity index (χ1) is 6.81. The van der Waals surface area contributed by atoms with E-state index in [1.807, 2.05) is 0 Å². The summed E-state index contributed by atoms with van der Waals surface area (Å²) in [4.78, 5) is 0. The Morgan fingerprint density at radius 3 is 1.29 bits per heavy atom. The maximum atomic E-state index is 12.3. The second-order valence-corrected chi connectivity index (χ2v) is 2.81. The van der Waals surface area contributed by atoms with Gasteiger partial charge in [0.25, 0.3) is 0 Å². The third-order valence-electron chi connectivity index (χ3n) is 1.63. The van der Waals surface area contributed by atoms with Crippen molar-refractivity contribution in [2.45, 2.75) is 30.4 Å². The van der Waals surface area contributed by atoms with E-state index in [2.05, 4.69) is 0 Å². The molecule has 0 spiro atoms. The molecule has 0 unspecified atom stereocenters. The Morgan fingerprint density at radius 2 is 1.06 bits per heavy atom. The maximum absolute atomic E-state index is 12.3. The van der Waals surface area contributed by atoms with Crippen LogP contribution in [-0.2, 0) is 0 Å². The molecule has 0 N–H and O–H groups in total. The van der Waals surface area contributed by atoms with Gasteiger partial charge in [-0.3, -0.25) is 0 Å². The zero-order valence-corrected chi connectivity index (χ0v) is 10.2. The molecule has 0 fully saturated rings. The Balaban J connectivity index is 0. The van der Waals surface area contributed by atoms with Crippen molar-refractivity contribution >= 4 is 0 Å². The zero-order valence-electron chi connectivity index (χ0n) is 8.22. The summed E-state index contributed by atoms with van der Waals surface area (Å²) in [5, 5.41) is 9.63. The summed E-state index contributed by atoms with van der Waals surface area (Å²) >= 11 is 0. The second kappa shape index (κ2) is 5.54. The topological polar surface area (TPSA) is 23.1 Å². The van der Waals surface area contributed by atoms with E-state index in [9.17, 15) is 44.6 Å². The van der Waals surface area contributed by atoms with Crippen LogP contribution in [0.15, 0.2) is 0 Å². The molecular formula is C6H4F9NaO. The van der Waals surface area contributed by atoms with Gasteiger partial charge >= 0.3 is 53.5 Å². The van der Waals surface area contributed by atoms with Crippen molar-refractivity contribution in [2.24, 2.45) is 0 Å². The molecule has 0 aromatic heterocycles. The molecule has 0 aromatic rings. The number of alkyl halides is 9. The summed E-state index contributed by atoms with van der Waals surface area (Å²) in [7, 11) is 0. The van der Waals surface area contributed by atoms with Crippen LogP contribution in [0.5, 0.6) is 0 Å². The summed E-state index contributed by atoms with van der Waals surface area (Å²) in [6.07, 6.45) is -9.14. The Hall–Kier alpha value is 0.330. The molecule has 0 heterocycles. The van der Waals surface area contributed by atoms with E-state index >= 15 is 0 Å². The molecule has 0 saturated carbocycles. The summed E-state index contributed by atoms with van der Waals surface area (Å²) < 4.78 is 108. The molecule has 0 saturated heterocycles. The quantitative estimate of drug-likeness (QED) is 0.490. The predicted octanol–water partition coefficient (Wildman–Crippen LogP) is -0.791. The smallest absolute Gasteiger partial charge is 0.854 e. The first-order valence-corrected chi connectivity index (χ1v) is 3.59. The molecule has 0 atom stereocenters. The normalized spacial score (nSPS) is 14.5. The molecule has 11 heteroatoms. The van der Waals surface area contributed by atoms with Crippen molar-refractivity contribution in [3.05, 3.63) is 0 Å². The third kappa shape index (κ3) is 3.42. The van der Waals surface area contributed by atoms with Gasteiger partial charge in [-0.05, 0) is 0 Å². The van der Waals surface area contributed by atoms with Crippen LogP contribution in [0.2, 0.25) is 0 Å². The molecule has 0 bridgehead atoms. The van der Waals surface area contributed by atoms with Gasteiger partial charge in [0.1, 0.15) is 0 Å². The summed E-state index contributed by atoms with van der Waals surface area (Å²) in [5.41, 5.74) is 0. The van der Waals surface area contributed by atoms with Crippen LogP contribution in [0.25, 0.3) is 0 Å². The maximum Gasteiger partial charge on any atom is 1.00 e. The van der Waals surface area contributed by atoms with Crippen molar-refractivity contribution in [1.82, 2.24) is 0 Å². The Kier molecular flexibility index (Phi) is 6.40. The monoisotopic (exact) mass is 286 g/mol. The average molecular weight is 286 g/mol. The van der Waals surface area contributed by atoms with Gasteiger partial charge in [0.05, 0.1) is 0 Å². The van der Waals surface area contributed by atoms with Crippen molar-refractivity contribution in [2.75, 3.05) is 6.61 Å². The van der Waals surface area contributed by atoms with E-state index < -0.39 is 37.0 Å². The van der Waals surface area contributed by atoms with E-state index in [-0.39, 0.29) is 29.6 Å². The van der Waals surface area contributed by atoms with Crippen molar-refractivity contribution in [1.29, 1.82) is 0 Å². The standard InChI is InChI=1S/C6H4F9O.Na/c7-3(8,1-2-16)4(9,10)5(11,12)6(13,14)15;/h1-2H2;/q-1;+1. The number of hydrogen-bond acceptors (Lipinski definition) is 1. The predicted molar refractivity (Wildman–Crippen MR) is 30.4 cm³/mol. The van der Waals surface area contributed by atoms with Gasteiger partial charge in [0, 0.05) is 6.42 Å². The van der Waals surface area contributed by atoms with Crippen LogP contribution in [0, 0.1) is 0 Å². The van der Waals surface area contributed by atoms with Crippen molar-refractivity contribution in [3.63, 3.8) is 0 Å². The number of rotatable bonds is 4. The van der Waals surface area contributed by atoms with Crippen LogP contribution in [0.3, 0.4) is 0 Å². The molecule has 0 radical (unpaired) electrons. The summed E-state index contributed by atoms with van der Waals surface area (Å²) in [5.74, 6) is -19.3. The van der Waals surface area contributed by atoms with E-state index in [4.69, 9.17) is 0 Å². The summed E-state index contributed by atoms with van der Waals surface area (Å²) in [6.45, 7) is -1.91. The Bertz CT molecular complexity index is 248. The zero-order chi connectivity index (χ0) is 13.4. The molecule has 17 heavy (non-hydrogen) atoms. The van der Waals surface area contributed by atoms with Crippen LogP contribution in [-0.4, -0.2) is 30.6 Å². The fourth-order valence-electron chi connectivity index (χ4n) is 0.693. The molecular weight excluding hydrogens is 282 g/mol. The van der Waals surface area contributed by atoms with Gasteiger partial charge in [-0.25, -0.2) is 0 Å². The van der Waals surface area contributed by atoms with Gasteiger partial charge in [-0.1, -0.05) is 0 Å². The SMILES string of the molecule is [Na+].[O-]CCC(F)(F)C(F)(F)C(F)(F)C(F)(F)F. The van der Waals surface area contributed by atoms with Gasteiger partial charge in [-0.15, -0.1) is 6.61 Å². The largest absolute Gasteiger partial charge is 1.00 e. The van der Waals surface area contributed by atoms with Crippen LogP contribution in [0.4, 0.5) is 39.5 Å². The van der Waals surface area contributed by atoms with Gasteiger partial charge in [-0.2, -0.15) is 39.5 Å². The minimum absolute atomic E-state index is 0. The number of halogens is 9. The molecule has 1 nitrogen and oxygen atoms in total. The molecule has 0 aliphatic heterocycles. The molecule has 0 rings (SSSR count). The van der Waals surface area contributed by atoms with E-state index in [0.29, 0.717) is 0 Å². The Labute approximate surface area is 111 Å². The first-order valence-electron chi connectivity index (χ1n) is 3.59. The average Bonchev–Trinajstić information content (AvgIpc) is 2.01. The molecule has 98 valence electrons. The van der Waals surface area contributed by atoms with Crippen molar-refractivity contribution < 1.29 is 74.2 Å². The van der Waals surface area contributed by atoms with Crippen LogP contribution >= 0.6 is 0 Å². The van der Waals surface area contributed by atoms with E-state index in [0.717, 1.165) is 0 Å². The van der Waals surface area contributed by atoms with Crippen LogP contribution in [0.1, 0.15) is 6.42 Å². The van der Waals surface area contributed by atoms with Gasteiger partial charge < -0.3 is 5.11 Å². The Morgan fingerprint density at radius 1 is 0.706 bits per heavy atom. The van der Waals surface area contributed by atoms with Gasteiger partial charge in [0.15, 0.2) is 0 Å². The minimum Gasteiger partial charge on any atom is -0.854 e. The van der Waals surface area contributed by atoms with E-state index in [1.165, 1.54) is 0 Å². The fraction of sp³-hybridized carbons (Fsp3) is 1.00. The third-order valence-corrected chi connectivity index (χ3v) is 1.63. The van der Waals surface area contributed by atoms with E-state index in [1.54, 1.807) is 0 Å². The van der Waals surface area contributed by atoms with Crippen LogP contribution < -0.4 is 34.7 Å². The number of hydrogen-bond donors (Lipinski definition) is 0.